The Morgan fingerprint density at radius 3 is 2.63 bits per heavy atom. The van der Waals surface area contributed by atoms with E-state index in [1.54, 1.807) is 0 Å². The summed E-state index contributed by atoms with van der Waals surface area (Å²) in [5.74, 6) is 0. The fourth-order valence-corrected chi connectivity index (χ4v) is 4.37. The first-order chi connectivity index (χ1) is 13.1. The van der Waals surface area contributed by atoms with Crippen LogP contribution in [0.1, 0.15) is 22.0 Å². The number of allylic oxidation sites excluding steroid dienone is 1. The zero-order valence-electron chi connectivity index (χ0n) is 14.9. The van der Waals surface area contributed by atoms with Gasteiger partial charge in [0.05, 0.1) is 26.5 Å². The van der Waals surface area contributed by atoms with E-state index in [1.165, 1.54) is 11.3 Å². The molecule has 2 aromatic carbocycles. The molecule has 3 nitrogen and oxygen atoms in total. The summed E-state index contributed by atoms with van der Waals surface area (Å²) in [4.78, 5) is 4.61. The van der Waals surface area contributed by atoms with Gasteiger partial charge in [-0.25, -0.2) is 4.98 Å². The number of fused-ring (bicyclic) bond motifs is 1. The van der Waals surface area contributed by atoms with Gasteiger partial charge in [-0.2, -0.15) is 5.26 Å². The molecule has 0 saturated heterocycles. The summed E-state index contributed by atoms with van der Waals surface area (Å²) in [5.41, 5.74) is 5.51. The number of aryl methyl sites for hydroxylation is 1. The molecule has 4 aromatic rings. The number of benzene rings is 2. The highest BCUT2D eigenvalue weighted by atomic mass is 35.5. The van der Waals surface area contributed by atoms with Gasteiger partial charge in [-0.15, -0.1) is 11.3 Å². The van der Waals surface area contributed by atoms with Crippen molar-refractivity contribution in [2.24, 2.45) is 0 Å². The lowest BCUT2D eigenvalue weighted by Crippen LogP contribution is -1.99. The number of thiazole rings is 1. The van der Waals surface area contributed by atoms with Crippen molar-refractivity contribution in [3.05, 3.63) is 81.6 Å². The monoisotopic (exact) mass is 389 g/mol. The van der Waals surface area contributed by atoms with Gasteiger partial charge in [0.2, 0.25) is 0 Å². The van der Waals surface area contributed by atoms with Crippen LogP contribution < -0.4 is 0 Å². The number of nitriles is 1. The molecule has 0 bridgehead atoms. The van der Waals surface area contributed by atoms with Gasteiger partial charge in [0.25, 0.3) is 0 Å². The molecule has 0 spiro atoms. The first kappa shape index (κ1) is 17.5. The van der Waals surface area contributed by atoms with Crippen LogP contribution in [0.2, 0.25) is 5.02 Å². The van der Waals surface area contributed by atoms with Crippen LogP contribution in [0.15, 0.2) is 54.6 Å². The zero-order chi connectivity index (χ0) is 19.0. The van der Waals surface area contributed by atoms with Gasteiger partial charge in [-0.05, 0) is 55.8 Å². The lowest BCUT2D eigenvalue weighted by Gasteiger charge is -2.11. The van der Waals surface area contributed by atoms with E-state index in [0.29, 0.717) is 10.6 Å². The van der Waals surface area contributed by atoms with E-state index in [-0.39, 0.29) is 0 Å². The van der Waals surface area contributed by atoms with E-state index in [1.807, 2.05) is 68.5 Å². The average molecular weight is 390 g/mol. The summed E-state index contributed by atoms with van der Waals surface area (Å²) in [6.07, 6.45) is 1.91. The molecule has 2 heterocycles. The summed E-state index contributed by atoms with van der Waals surface area (Å²) in [6, 6.07) is 20.1. The molecular formula is C22H16ClN3S. The van der Waals surface area contributed by atoms with Crippen LogP contribution in [0.3, 0.4) is 0 Å². The van der Waals surface area contributed by atoms with E-state index in [4.69, 9.17) is 11.6 Å². The molecule has 0 fully saturated rings. The Bertz CT molecular complexity index is 1190. The van der Waals surface area contributed by atoms with Gasteiger partial charge in [0, 0.05) is 11.4 Å². The molecule has 0 atom stereocenters. The molecule has 4 rings (SSSR count). The Hall–Kier alpha value is -2.87. The van der Waals surface area contributed by atoms with Crippen molar-refractivity contribution < 1.29 is 0 Å². The lowest BCUT2D eigenvalue weighted by molar-refractivity contribution is 0.965. The molecule has 2 aromatic heterocycles. The van der Waals surface area contributed by atoms with Crippen molar-refractivity contribution in [3.8, 4) is 11.8 Å². The first-order valence-electron chi connectivity index (χ1n) is 8.50. The second kappa shape index (κ2) is 7.03. The number of nitrogens with zero attached hydrogens (tertiary/aromatic N) is 3. The molecule has 0 saturated carbocycles. The third-order valence-corrected chi connectivity index (χ3v) is 5.90. The molecule has 0 N–H and O–H groups in total. The Labute approximate surface area is 166 Å². The minimum absolute atomic E-state index is 0.565. The maximum Gasteiger partial charge on any atom is 0.135 e. The van der Waals surface area contributed by atoms with Crippen LogP contribution in [-0.4, -0.2) is 9.55 Å². The van der Waals surface area contributed by atoms with E-state index in [9.17, 15) is 5.26 Å². The van der Waals surface area contributed by atoms with E-state index in [0.717, 1.165) is 37.9 Å². The molecule has 0 aliphatic carbocycles. The first-order valence-corrected chi connectivity index (χ1v) is 9.69. The van der Waals surface area contributed by atoms with Gasteiger partial charge in [0.15, 0.2) is 0 Å². The average Bonchev–Trinajstić information content (AvgIpc) is 3.21. The highest BCUT2D eigenvalue weighted by Gasteiger charge is 2.14. The number of hydrogen-bond donors (Lipinski definition) is 0. The second-order valence-electron chi connectivity index (χ2n) is 6.27. The summed E-state index contributed by atoms with van der Waals surface area (Å²) >= 11 is 7.92. The van der Waals surface area contributed by atoms with Crippen molar-refractivity contribution >= 4 is 44.8 Å². The van der Waals surface area contributed by atoms with Crippen molar-refractivity contribution in [2.75, 3.05) is 0 Å². The lowest BCUT2D eigenvalue weighted by atomic mass is 10.1. The largest absolute Gasteiger partial charge is 0.316 e. The van der Waals surface area contributed by atoms with Crippen LogP contribution in [-0.2, 0) is 0 Å². The van der Waals surface area contributed by atoms with E-state index < -0.39 is 0 Å². The van der Waals surface area contributed by atoms with Crippen LogP contribution >= 0.6 is 22.9 Å². The quantitative estimate of drug-likeness (QED) is 0.379. The fourth-order valence-electron chi connectivity index (χ4n) is 3.22. The highest BCUT2D eigenvalue weighted by Crippen LogP contribution is 2.31. The zero-order valence-corrected chi connectivity index (χ0v) is 16.5. The number of hydrogen-bond acceptors (Lipinski definition) is 3. The summed E-state index contributed by atoms with van der Waals surface area (Å²) in [5, 5.41) is 11.1. The fraction of sp³-hybridized carbons (Fsp3) is 0.0909. The van der Waals surface area contributed by atoms with Gasteiger partial charge in [-0.1, -0.05) is 35.9 Å². The predicted octanol–water partition coefficient (Wildman–Crippen LogP) is 6.42. The van der Waals surface area contributed by atoms with E-state index >= 15 is 0 Å². The van der Waals surface area contributed by atoms with Crippen molar-refractivity contribution in [1.82, 2.24) is 9.55 Å². The van der Waals surface area contributed by atoms with Crippen LogP contribution in [0, 0.1) is 25.2 Å². The predicted molar refractivity (Wildman–Crippen MR) is 113 cm³/mol. The molecule has 0 radical (unpaired) electrons. The number of aromatic nitrogens is 2. The maximum atomic E-state index is 9.71. The standard InChI is InChI=1S/C22H16ClN3S/c1-14-11-16(15(2)26(14)20-9-5-3-7-18(20)23)12-17(13-24)22-25-19-8-4-6-10-21(19)27-22/h3-12H,1-2H3. The number of rotatable bonds is 3. The van der Waals surface area contributed by atoms with Crippen molar-refractivity contribution in [1.29, 1.82) is 5.26 Å². The third kappa shape index (κ3) is 3.16. The summed E-state index contributed by atoms with van der Waals surface area (Å²) in [7, 11) is 0. The molecule has 27 heavy (non-hydrogen) atoms. The molecule has 0 unspecified atom stereocenters. The topological polar surface area (TPSA) is 41.6 Å². The van der Waals surface area contributed by atoms with Gasteiger partial charge >= 0.3 is 0 Å². The number of para-hydroxylation sites is 2. The minimum atomic E-state index is 0.565. The number of halogens is 1. The van der Waals surface area contributed by atoms with Crippen LogP contribution in [0.4, 0.5) is 0 Å². The van der Waals surface area contributed by atoms with Crippen molar-refractivity contribution in [3.63, 3.8) is 0 Å². The minimum Gasteiger partial charge on any atom is -0.316 e. The molecular weight excluding hydrogens is 374 g/mol. The molecule has 5 heteroatoms. The highest BCUT2D eigenvalue weighted by molar-refractivity contribution is 7.19. The molecule has 0 aliphatic rings. The summed E-state index contributed by atoms with van der Waals surface area (Å²) in [6.45, 7) is 4.08. The SMILES string of the molecule is Cc1cc(C=C(C#N)c2nc3ccccc3s2)c(C)n1-c1ccccc1Cl. The van der Waals surface area contributed by atoms with Crippen LogP contribution in [0.5, 0.6) is 0 Å². The van der Waals surface area contributed by atoms with Gasteiger partial charge in [-0.3, -0.25) is 0 Å². The molecule has 0 aliphatic heterocycles. The normalized spacial score (nSPS) is 11.7. The molecule has 0 amide bonds. The Morgan fingerprint density at radius 2 is 1.89 bits per heavy atom. The maximum absolute atomic E-state index is 9.71. The van der Waals surface area contributed by atoms with Crippen molar-refractivity contribution in [2.45, 2.75) is 13.8 Å². The Morgan fingerprint density at radius 1 is 1.15 bits per heavy atom. The van der Waals surface area contributed by atoms with Crippen LogP contribution in [0.25, 0.3) is 27.6 Å². The Balaban J connectivity index is 1.82. The van der Waals surface area contributed by atoms with Gasteiger partial charge in [0.1, 0.15) is 11.1 Å². The summed E-state index contributed by atoms with van der Waals surface area (Å²) < 4.78 is 3.19. The second-order valence-corrected chi connectivity index (χ2v) is 7.71. The smallest absolute Gasteiger partial charge is 0.135 e. The Kier molecular flexibility index (Phi) is 4.57. The third-order valence-electron chi connectivity index (χ3n) is 4.51. The van der Waals surface area contributed by atoms with Gasteiger partial charge < -0.3 is 4.57 Å². The van der Waals surface area contributed by atoms with E-state index in [2.05, 4.69) is 21.7 Å². The molecule has 132 valence electrons.